The molecule has 1 heterocycles. The number of halogens is 1. The predicted molar refractivity (Wildman–Crippen MR) is 71.9 cm³/mol. The van der Waals surface area contributed by atoms with E-state index in [0.29, 0.717) is 12.0 Å². The molecule has 0 radical (unpaired) electrons. The first-order valence-corrected chi connectivity index (χ1v) is 7.03. The minimum atomic E-state index is 0.514. The number of hydrogen-bond donors (Lipinski definition) is 1. The molecule has 0 aromatic carbocycles. The fourth-order valence-corrected chi connectivity index (χ4v) is 2.18. The maximum absolute atomic E-state index is 4.44. The Morgan fingerprint density at radius 2 is 2.19 bits per heavy atom. The number of aryl methyl sites for hydroxylation is 2. The Labute approximate surface area is 107 Å². The van der Waals surface area contributed by atoms with Crippen molar-refractivity contribution >= 4 is 15.9 Å². The molecule has 1 aromatic heterocycles. The topological polar surface area (TPSA) is 29.9 Å². The SMILES string of the molecule is CCn1nc(C)cc1CNC(C)C(C)CBr. The highest BCUT2D eigenvalue weighted by atomic mass is 79.9. The van der Waals surface area contributed by atoms with Gasteiger partial charge in [-0.05, 0) is 32.8 Å². The van der Waals surface area contributed by atoms with Crippen molar-refractivity contribution in [2.45, 2.75) is 46.8 Å². The second kappa shape index (κ2) is 6.40. The molecule has 1 rings (SSSR count). The van der Waals surface area contributed by atoms with Crippen LogP contribution in [-0.2, 0) is 13.1 Å². The maximum atomic E-state index is 4.44. The van der Waals surface area contributed by atoms with Crippen molar-refractivity contribution in [2.24, 2.45) is 5.92 Å². The maximum Gasteiger partial charge on any atom is 0.0597 e. The van der Waals surface area contributed by atoms with Crippen molar-refractivity contribution in [3.63, 3.8) is 0 Å². The second-order valence-corrected chi connectivity index (χ2v) is 5.04. The molecule has 0 aliphatic carbocycles. The molecule has 3 nitrogen and oxygen atoms in total. The van der Waals surface area contributed by atoms with Crippen molar-refractivity contribution < 1.29 is 0 Å². The van der Waals surface area contributed by atoms with Gasteiger partial charge >= 0.3 is 0 Å². The lowest BCUT2D eigenvalue weighted by Gasteiger charge is -2.19. The molecule has 0 bridgehead atoms. The zero-order valence-electron chi connectivity index (χ0n) is 10.6. The average Bonchev–Trinajstić information content (AvgIpc) is 2.65. The van der Waals surface area contributed by atoms with E-state index in [0.717, 1.165) is 24.1 Å². The number of nitrogens with zero attached hydrogens (tertiary/aromatic N) is 2. The van der Waals surface area contributed by atoms with Gasteiger partial charge in [0.05, 0.1) is 11.4 Å². The highest BCUT2D eigenvalue weighted by Crippen LogP contribution is 2.08. The summed E-state index contributed by atoms with van der Waals surface area (Å²) in [6, 6.07) is 2.67. The van der Waals surface area contributed by atoms with E-state index in [4.69, 9.17) is 0 Å². The van der Waals surface area contributed by atoms with Crippen LogP contribution in [0, 0.1) is 12.8 Å². The van der Waals surface area contributed by atoms with Gasteiger partial charge < -0.3 is 5.32 Å². The van der Waals surface area contributed by atoms with Gasteiger partial charge in [0.25, 0.3) is 0 Å². The van der Waals surface area contributed by atoms with Crippen LogP contribution in [0.1, 0.15) is 32.2 Å². The lowest BCUT2D eigenvalue weighted by molar-refractivity contribution is 0.423. The van der Waals surface area contributed by atoms with Crippen molar-refractivity contribution in [1.82, 2.24) is 15.1 Å². The third-order valence-electron chi connectivity index (χ3n) is 2.99. The lowest BCUT2D eigenvalue weighted by Crippen LogP contribution is -2.33. The Kier molecular flexibility index (Phi) is 5.49. The van der Waals surface area contributed by atoms with E-state index < -0.39 is 0 Å². The van der Waals surface area contributed by atoms with Crippen LogP contribution in [0.2, 0.25) is 0 Å². The molecule has 2 atom stereocenters. The highest BCUT2D eigenvalue weighted by molar-refractivity contribution is 9.09. The fraction of sp³-hybridized carbons (Fsp3) is 0.750. The lowest BCUT2D eigenvalue weighted by atomic mass is 10.1. The second-order valence-electron chi connectivity index (χ2n) is 4.39. The zero-order chi connectivity index (χ0) is 12.1. The quantitative estimate of drug-likeness (QED) is 0.816. The van der Waals surface area contributed by atoms with Gasteiger partial charge in [0.15, 0.2) is 0 Å². The number of aromatic nitrogens is 2. The summed E-state index contributed by atoms with van der Waals surface area (Å²) < 4.78 is 2.06. The fourth-order valence-electron chi connectivity index (χ4n) is 1.62. The summed E-state index contributed by atoms with van der Waals surface area (Å²) in [5.41, 5.74) is 2.37. The van der Waals surface area contributed by atoms with E-state index in [9.17, 15) is 0 Å². The monoisotopic (exact) mass is 287 g/mol. The third-order valence-corrected chi connectivity index (χ3v) is 4.01. The summed E-state index contributed by atoms with van der Waals surface area (Å²) in [5, 5.41) is 9.02. The molecule has 0 aliphatic heterocycles. The van der Waals surface area contributed by atoms with Crippen LogP contribution >= 0.6 is 15.9 Å². The van der Waals surface area contributed by atoms with Crippen LogP contribution < -0.4 is 5.32 Å². The highest BCUT2D eigenvalue weighted by Gasteiger charge is 2.11. The number of alkyl halides is 1. The molecule has 0 aliphatic rings. The first kappa shape index (κ1) is 13.7. The van der Waals surface area contributed by atoms with E-state index >= 15 is 0 Å². The molecule has 1 N–H and O–H groups in total. The Balaban J connectivity index is 2.53. The Bertz CT molecular complexity index is 322. The standard InChI is InChI=1S/C12H22BrN3/c1-5-16-12(6-10(3)15-16)8-14-11(4)9(2)7-13/h6,9,11,14H,5,7-8H2,1-4H3. The summed E-state index contributed by atoms with van der Waals surface area (Å²) in [6.07, 6.45) is 0. The minimum absolute atomic E-state index is 0.514. The van der Waals surface area contributed by atoms with E-state index in [2.05, 4.69) is 57.9 Å². The third kappa shape index (κ3) is 3.59. The largest absolute Gasteiger partial charge is 0.308 e. The molecule has 1 aromatic rings. The van der Waals surface area contributed by atoms with Crippen LogP contribution in [0.5, 0.6) is 0 Å². The van der Waals surface area contributed by atoms with Crippen molar-refractivity contribution in [1.29, 1.82) is 0 Å². The molecule has 0 amide bonds. The van der Waals surface area contributed by atoms with Gasteiger partial charge in [-0.25, -0.2) is 0 Å². The van der Waals surface area contributed by atoms with E-state index in [1.54, 1.807) is 0 Å². The first-order chi connectivity index (χ1) is 7.58. The summed E-state index contributed by atoms with van der Waals surface area (Å²) in [6.45, 7) is 10.5. The van der Waals surface area contributed by atoms with Gasteiger partial charge in [0, 0.05) is 24.5 Å². The average molecular weight is 288 g/mol. The number of rotatable bonds is 6. The Morgan fingerprint density at radius 1 is 1.50 bits per heavy atom. The van der Waals surface area contributed by atoms with Crippen LogP contribution in [0.25, 0.3) is 0 Å². The van der Waals surface area contributed by atoms with Crippen LogP contribution in [0.4, 0.5) is 0 Å². The zero-order valence-corrected chi connectivity index (χ0v) is 12.2. The molecule has 0 spiro atoms. The van der Waals surface area contributed by atoms with Crippen molar-refractivity contribution in [3.05, 3.63) is 17.5 Å². The van der Waals surface area contributed by atoms with E-state index in [1.165, 1.54) is 5.69 Å². The first-order valence-electron chi connectivity index (χ1n) is 5.91. The van der Waals surface area contributed by atoms with Gasteiger partial charge in [-0.2, -0.15) is 5.10 Å². The van der Waals surface area contributed by atoms with Crippen molar-refractivity contribution in [3.8, 4) is 0 Å². The smallest absolute Gasteiger partial charge is 0.0597 e. The summed E-state index contributed by atoms with van der Waals surface area (Å²) >= 11 is 3.52. The molecular formula is C12H22BrN3. The van der Waals surface area contributed by atoms with Gasteiger partial charge in [-0.3, -0.25) is 4.68 Å². The van der Waals surface area contributed by atoms with Crippen LogP contribution in [0.15, 0.2) is 6.07 Å². The number of nitrogens with one attached hydrogen (secondary N) is 1. The molecule has 2 unspecified atom stereocenters. The normalized spacial score (nSPS) is 15.1. The van der Waals surface area contributed by atoms with Crippen molar-refractivity contribution in [2.75, 3.05) is 5.33 Å². The van der Waals surface area contributed by atoms with E-state index in [1.807, 2.05) is 6.92 Å². The van der Waals surface area contributed by atoms with Gasteiger partial charge in [-0.15, -0.1) is 0 Å². The summed E-state index contributed by atoms with van der Waals surface area (Å²) in [5.74, 6) is 0.638. The Hall–Kier alpha value is -0.350. The Morgan fingerprint density at radius 3 is 2.75 bits per heavy atom. The summed E-state index contributed by atoms with van der Waals surface area (Å²) in [7, 11) is 0. The molecule has 16 heavy (non-hydrogen) atoms. The predicted octanol–water partition coefficient (Wildman–Crippen LogP) is 2.72. The molecule has 0 saturated heterocycles. The molecule has 0 saturated carbocycles. The molecule has 0 fully saturated rings. The van der Waals surface area contributed by atoms with E-state index in [-0.39, 0.29) is 0 Å². The van der Waals surface area contributed by atoms with Crippen LogP contribution in [-0.4, -0.2) is 21.2 Å². The van der Waals surface area contributed by atoms with Gasteiger partial charge in [0.1, 0.15) is 0 Å². The molecular weight excluding hydrogens is 266 g/mol. The van der Waals surface area contributed by atoms with Gasteiger partial charge in [-0.1, -0.05) is 22.9 Å². The number of hydrogen-bond acceptors (Lipinski definition) is 2. The summed E-state index contributed by atoms with van der Waals surface area (Å²) in [4.78, 5) is 0. The molecule has 92 valence electrons. The minimum Gasteiger partial charge on any atom is -0.308 e. The molecule has 4 heteroatoms. The van der Waals surface area contributed by atoms with Crippen LogP contribution in [0.3, 0.4) is 0 Å². The van der Waals surface area contributed by atoms with Gasteiger partial charge in [0.2, 0.25) is 0 Å².